The van der Waals surface area contributed by atoms with Gasteiger partial charge in [-0.05, 0) is 38.3 Å². The predicted molar refractivity (Wildman–Crippen MR) is 72.9 cm³/mol. The highest BCUT2D eigenvalue weighted by Crippen LogP contribution is 2.31. The Balaban J connectivity index is 2.18. The van der Waals surface area contributed by atoms with Gasteiger partial charge in [-0.2, -0.15) is 0 Å². The summed E-state index contributed by atoms with van der Waals surface area (Å²) in [5.41, 5.74) is 2.03. The monoisotopic (exact) mass is 249 g/mol. The minimum absolute atomic E-state index is 0.105. The van der Waals surface area contributed by atoms with Crippen molar-refractivity contribution in [1.82, 2.24) is 5.32 Å². The van der Waals surface area contributed by atoms with Crippen molar-refractivity contribution in [3.63, 3.8) is 0 Å². The van der Waals surface area contributed by atoms with Crippen LogP contribution in [0.25, 0.3) is 0 Å². The van der Waals surface area contributed by atoms with Crippen LogP contribution in [-0.2, 0) is 0 Å². The van der Waals surface area contributed by atoms with Crippen molar-refractivity contribution in [2.24, 2.45) is 0 Å². The average Bonchev–Trinajstić information content (AvgIpc) is 3.19. The van der Waals surface area contributed by atoms with Crippen LogP contribution in [0.1, 0.15) is 43.4 Å². The first-order chi connectivity index (χ1) is 8.65. The number of hydrogen-bond acceptors (Lipinski definition) is 3. The lowest BCUT2D eigenvalue weighted by Gasteiger charge is -2.25. The fourth-order valence-corrected chi connectivity index (χ4v) is 2.29. The van der Waals surface area contributed by atoms with Gasteiger partial charge in [0.2, 0.25) is 0 Å². The van der Waals surface area contributed by atoms with Gasteiger partial charge < -0.3 is 15.2 Å². The fourth-order valence-electron chi connectivity index (χ4n) is 2.29. The number of aliphatic hydroxyl groups is 1. The van der Waals surface area contributed by atoms with Gasteiger partial charge in [0.25, 0.3) is 0 Å². The summed E-state index contributed by atoms with van der Waals surface area (Å²) < 4.78 is 5.35. The summed E-state index contributed by atoms with van der Waals surface area (Å²) in [5.74, 6) is 0.768. The van der Waals surface area contributed by atoms with E-state index in [2.05, 4.69) is 12.2 Å². The number of benzene rings is 1. The maximum Gasteiger partial charge on any atom is 0.124 e. The molecule has 18 heavy (non-hydrogen) atoms. The van der Waals surface area contributed by atoms with Crippen molar-refractivity contribution in [1.29, 1.82) is 0 Å². The van der Waals surface area contributed by atoms with E-state index in [0.29, 0.717) is 6.04 Å². The Kier molecular flexibility index (Phi) is 4.25. The van der Waals surface area contributed by atoms with Gasteiger partial charge in [-0.15, -0.1) is 0 Å². The van der Waals surface area contributed by atoms with E-state index in [-0.39, 0.29) is 6.04 Å². The first-order valence-electron chi connectivity index (χ1n) is 6.74. The average molecular weight is 249 g/mol. The molecule has 3 nitrogen and oxygen atoms in total. The zero-order chi connectivity index (χ0) is 13.1. The molecule has 0 aromatic heterocycles. The molecular formula is C15H23NO2. The predicted octanol–water partition coefficient (Wildman–Crippen LogP) is 2.57. The lowest BCUT2D eigenvalue weighted by atomic mass is 9.97. The third-order valence-corrected chi connectivity index (χ3v) is 3.55. The number of nitrogens with one attached hydrogen (secondary N) is 1. The van der Waals surface area contributed by atoms with Crippen LogP contribution in [0.15, 0.2) is 18.2 Å². The minimum Gasteiger partial charge on any atom is -0.496 e. The zero-order valence-corrected chi connectivity index (χ0v) is 11.4. The molecule has 1 aliphatic carbocycles. The second kappa shape index (κ2) is 5.72. The first-order valence-corrected chi connectivity index (χ1v) is 6.74. The van der Waals surface area contributed by atoms with E-state index in [9.17, 15) is 5.11 Å². The van der Waals surface area contributed by atoms with Crippen molar-refractivity contribution in [3.05, 3.63) is 29.3 Å². The van der Waals surface area contributed by atoms with Crippen molar-refractivity contribution in [3.8, 4) is 5.75 Å². The van der Waals surface area contributed by atoms with E-state index in [1.807, 2.05) is 25.1 Å². The van der Waals surface area contributed by atoms with Crippen LogP contribution in [0.4, 0.5) is 0 Å². The molecule has 1 aliphatic rings. The van der Waals surface area contributed by atoms with E-state index in [4.69, 9.17) is 4.74 Å². The molecule has 2 atom stereocenters. The number of ether oxygens (including phenoxy) is 1. The lowest BCUT2D eigenvalue weighted by Crippen LogP contribution is -2.36. The summed E-state index contributed by atoms with van der Waals surface area (Å²) in [5, 5.41) is 14.1. The Morgan fingerprint density at radius 3 is 2.72 bits per heavy atom. The second-order valence-electron chi connectivity index (χ2n) is 5.15. The Hall–Kier alpha value is -1.06. The summed E-state index contributed by atoms with van der Waals surface area (Å²) in [6.45, 7) is 4.14. The SMILES string of the molecule is CCC(NC1CC1)C(O)c1cc(C)ccc1OC. The van der Waals surface area contributed by atoms with Gasteiger partial charge in [0.1, 0.15) is 5.75 Å². The number of hydrogen-bond donors (Lipinski definition) is 2. The summed E-state index contributed by atoms with van der Waals surface area (Å²) in [4.78, 5) is 0. The highest BCUT2D eigenvalue weighted by Gasteiger charge is 2.29. The standard InChI is InChI=1S/C15H23NO2/c1-4-13(16-11-6-7-11)15(17)12-9-10(2)5-8-14(12)18-3/h5,8-9,11,13,15-17H,4,6-7H2,1-3H3. The van der Waals surface area contributed by atoms with E-state index in [1.54, 1.807) is 7.11 Å². The topological polar surface area (TPSA) is 41.5 Å². The molecule has 0 aliphatic heterocycles. The lowest BCUT2D eigenvalue weighted by molar-refractivity contribution is 0.122. The number of methoxy groups -OCH3 is 1. The molecule has 100 valence electrons. The summed E-state index contributed by atoms with van der Waals surface area (Å²) in [6, 6.07) is 6.65. The Morgan fingerprint density at radius 1 is 1.44 bits per heavy atom. The highest BCUT2D eigenvalue weighted by atomic mass is 16.5. The van der Waals surface area contributed by atoms with Crippen LogP contribution in [0.5, 0.6) is 5.75 Å². The van der Waals surface area contributed by atoms with E-state index >= 15 is 0 Å². The van der Waals surface area contributed by atoms with Crippen LogP contribution < -0.4 is 10.1 Å². The molecule has 0 radical (unpaired) electrons. The molecule has 3 heteroatoms. The van der Waals surface area contributed by atoms with Crippen LogP contribution in [0.2, 0.25) is 0 Å². The van der Waals surface area contributed by atoms with Gasteiger partial charge in [-0.3, -0.25) is 0 Å². The molecule has 0 bridgehead atoms. The molecule has 2 rings (SSSR count). The minimum atomic E-state index is -0.509. The largest absolute Gasteiger partial charge is 0.496 e. The van der Waals surface area contributed by atoms with Gasteiger partial charge in [-0.25, -0.2) is 0 Å². The molecular weight excluding hydrogens is 226 g/mol. The molecule has 2 N–H and O–H groups in total. The van der Waals surface area contributed by atoms with Gasteiger partial charge in [0, 0.05) is 17.6 Å². The molecule has 0 spiro atoms. The van der Waals surface area contributed by atoms with Crippen LogP contribution in [0.3, 0.4) is 0 Å². The van der Waals surface area contributed by atoms with Gasteiger partial charge in [0.15, 0.2) is 0 Å². The maximum atomic E-state index is 10.6. The molecule has 0 amide bonds. The molecule has 0 saturated heterocycles. The highest BCUT2D eigenvalue weighted by molar-refractivity contribution is 5.39. The third-order valence-electron chi connectivity index (χ3n) is 3.55. The first kappa shape index (κ1) is 13.4. The Labute approximate surface area is 109 Å². The smallest absolute Gasteiger partial charge is 0.124 e. The second-order valence-corrected chi connectivity index (χ2v) is 5.15. The van der Waals surface area contributed by atoms with Crippen LogP contribution >= 0.6 is 0 Å². The van der Waals surface area contributed by atoms with Gasteiger partial charge >= 0.3 is 0 Å². The third kappa shape index (κ3) is 3.03. The summed E-state index contributed by atoms with van der Waals surface area (Å²) in [7, 11) is 1.65. The van der Waals surface area contributed by atoms with Crippen molar-refractivity contribution < 1.29 is 9.84 Å². The number of rotatable bonds is 6. The van der Waals surface area contributed by atoms with Crippen molar-refractivity contribution >= 4 is 0 Å². The number of aryl methyl sites for hydroxylation is 1. The summed E-state index contributed by atoms with van der Waals surface area (Å²) >= 11 is 0. The van der Waals surface area contributed by atoms with Crippen molar-refractivity contribution in [2.75, 3.05) is 7.11 Å². The molecule has 1 aromatic rings. The van der Waals surface area contributed by atoms with Gasteiger partial charge in [0.05, 0.1) is 13.2 Å². The van der Waals surface area contributed by atoms with Gasteiger partial charge in [-0.1, -0.05) is 18.6 Å². The molecule has 1 aromatic carbocycles. The van der Waals surface area contributed by atoms with E-state index in [1.165, 1.54) is 12.8 Å². The number of aliphatic hydroxyl groups excluding tert-OH is 1. The fraction of sp³-hybridized carbons (Fsp3) is 0.600. The van der Waals surface area contributed by atoms with Crippen LogP contribution in [0, 0.1) is 6.92 Å². The van der Waals surface area contributed by atoms with Crippen molar-refractivity contribution in [2.45, 2.75) is 51.3 Å². The zero-order valence-electron chi connectivity index (χ0n) is 11.4. The molecule has 2 unspecified atom stereocenters. The normalized spacial score (nSPS) is 18.4. The molecule has 1 saturated carbocycles. The quantitative estimate of drug-likeness (QED) is 0.814. The Bertz CT molecular complexity index is 401. The maximum absolute atomic E-state index is 10.6. The Morgan fingerprint density at radius 2 is 2.17 bits per heavy atom. The summed E-state index contributed by atoms with van der Waals surface area (Å²) in [6.07, 6.45) is 2.86. The molecule has 1 fully saturated rings. The molecule has 0 heterocycles. The van der Waals surface area contributed by atoms with Crippen LogP contribution in [-0.4, -0.2) is 24.3 Å². The van der Waals surface area contributed by atoms with E-state index < -0.39 is 6.10 Å². The van der Waals surface area contributed by atoms with E-state index in [0.717, 1.165) is 23.3 Å².